The van der Waals surface area contributed by atoms with Crippen molar-refractivity contribution < 1.29 is 14.3 Å². The molecule has 3 nitrogen and oxygen atoms in total. The van der Waals surface area contributed by atoms with E-state index in [0.717, 1.165) is 15.8 Å². The Labute approximate surface area is 113 Å². The first-order chi connectivity index (χ1) is 8.70. The second-order valence-electron chi connectivity index (χ2n) is 4.01. The van der Waals surface area contributed by atoms with Crippen LogP contribution in [0.3, 0.4) is 0 Å². The minimum absolute atomic E-state index is 0.0704. The van der Waals surface area contributed by atoms with E-state index in [1.54, 1.807) is 0 Å². The lowest BCUT2D eigenvalue weighted by atomic mass is 10.2. The van der Waals surface area contributed by atoms with Gasteiger partial charge in [0.15, 0.2) is 17.3 Å². The minimum atomic E-state index is 0.0704. The predicted molar refractivity (Wildman–Crippen MR) is 72.4 cm³/mol. The van der Waals surface area contributed by atoms with Gasteiger partial charge < -0.3 is 9.47 Å². The Hall–Kier alpha value is -1.26. The van der Waals surface area contributed by atoms with Gasteiger partial charge in [0.25, 0.3) is 0 Å². The third kappa shape index (κ3) is 1.76. The van der Waals surface area contributed by atoms with E-state index in [9.17, 15) is 4.79 Å². The van der Waals surface area contributed by atoms with Gasteiger partial charge in [-0.05, 0) is 6.07 Å². The van der Waals surface area contributed by atoms with Crippen molar-refractivity contribution in [1.82, 2.24) is 0 Å². The number of ether oxygens (including phenoxy) is 2. The summed E-state index contributed by atoms with van der Waals surface area (Å²) >= 11 is 7.68. The highest BCUT2D eigenvalue weighted by Crippen LogP contribution is 2.42. The smallest absolute Gasteiger partial charge is 0.174 e. The van der Waals surface area contributed by atoms with E-state index >= 15 is 0 Å². The molecule has 2 heterocycles. The van der Waals surface area contributed by atoms with Gasteiger partial charge in [-0.1, -0.05) is 18.5 Å². The lowest BCUT2D eigenvalue weighted by Crippen LogP contribution is -2.14. The SMILES string of the molecule is CCC(=O)c1sc2cc3c(cc2c1Cl)OCCO3. The molecule has 0 unspecified atom stereocenters. The van der Waals surface area contributed by atoms with Crippen molar-refractivity contribution in [2.45, 2.75) is 13.3 Å². The first kappa shape index (κ1) is 11.8. The van der Waals surface area contributed by atoms with Crippen LogP contribution in [0.25, 0.3) is 10.1 Å². The molecule has 0 amide bonds. The summed E-state index contributed by atoms with van der Waals surface area (Å²) in [6, 6.07) is 3.75. The molecule has 1 aromatic carbocycles. The fraction of sp³-hybridized carbons (Fsp3) is 0.308. The molecular weight excluding hydrogens is 272 g/mol. The van der Waals surface area contributed by atoms with E-state index in [2.05, 4.69) is 0 Å². The molecule has 0 aliphatic carbocycles. The van der Waals surface area contributed by atoms with Crippen molar-refractivity contribution in [2.24, 2.45) is 0 Å². The van der Waals surface area contributed by atoms with Crippen molar-refractivity contribution in [3.05, 3.63) is 22.0 Å². The molecule has 0 fully saturated rings. The van der Waals surface area contributed by atoms with Crippen LogP contribution in [0, 0.1) is 0 Å². The highest BCUT2D eigenvalue weighted by atomic mass is 35.5. The Kier molecular flexibility index (Phi) is 2.92. The molecule has 2 aromatic rings. The molecule has 1 aliphatic heterocycles. The summed E-state index contributed by atoms with van der Waals surface area (Å²) in [5.74, 6) is 1.49. The average Bonchev–Trinajstić information content (AvgIpc) is 2.72. The summed E-state index contributed by atoms with van der Waals surface area (Å²) in [4.78, 5) is 12.4. The van der Waals surface area contributed by atoms with Gasteiger partial charge in [-0.2, -0.15) is 0 Å². The van der Waals surface area contributed by atoms with Gasteiger partial charge in [0, 0.05) is 22.6 Å². The lowest BCUT2D eigenvalue weighted by Gasteiger charge is -2.18. The molecule has 94 valence electrons. The number of carbonyl (C=O) groups is 1. The second kappa shape index (κ2) is 4.44. The molecule has 0 spiro atoms. The molecular formula is C13H11ClO3S. The number of carbonyl (C=O) groups excluding carboxylic acids is 1. The molecule has 5 heteroatoms. The van der Waals surface area contributed by atoms with Gasteiger partial charge >= 0.3 is 0 Å². The van der Waals surface area contributed by atoms with Crippen LogP contribution in [0.4, 0.5) is 0 Å². The van der Waals surface area contributed by atoms with Crippen LogP contribution in [-0.4, -0.2) is 19.0 Å². The van der Waals surface area contributed by atoms with Crippen molar-refractivity contribution in [1.29, 1.82) is 0 Å². The maximum Gasteiger partial charge on any atom is 0.174 e. The fourth-order valence-electron chi connectivity index (χ4n) is 1.94. The molecule has 0 atom stereocenters. The first-order valence-electron chi connectivity index (χ1n) is 5.75. The third-order valence-corrected chi connectivity index (χ3v) is 4.56. The Morgan fingerprint density at radius 1 is 1.33 bits per heavy atom. The summed E-state index contributed by atoms with van der Waals surface area (Å²) in [7, 11) is 0. The highest BCUT2D eigenvalue weighted by molar-refractivity contribution is 7.21. The molecule has 1 aromatic heterocycles. The van der Waals surface area contributed by atoms with Crippen LogP contribution >= 0.6 is 22.9 Å². The number of hydrogen-bond donors (Lipinski definition) is 0. The summed E-state index contributed by atoms with van der Waals surface area (Å²) in [6.45, 7) is 2.93. The average molecular weight is 283 g/mol. The zero-order valence-electron chi connectivity index (χ0n) is 9.79. The molecule has 0 radical (unpaired) electrons. The Morgan fingerprint density at radius 2 is 2.00 bits per heavy atom. The highest BCUT2D eigenvalue weighted by Gasteiger charge is 2.20. The van der Waals surface area contributed by atoms with Crippen molar-refractivity contribution >= 4 is 38.8 Å². The number of halogens is 1. The molecule has 18 heavy (non-hydrogen) atoms. The van der Waals surface area contributed by atoms with Crippen molar-refractivity contribution in [3.8, 4) is 11.5 Å². The maximum atomic E-state index is 11.8. The van der Waals surface area contributed by atoms with Gasteiger partial charge in [-0.15, -0.1) is 11.3 Å². The Bertz CT molecular complexity index is 633. The molecule has 0 N–H and O–H groups in total. The van der Waals surface area contributed by atoms with Crippen molar-refractivity contribution in [3.63, 3.8) is 0 Å². The molecule has 3 rings (SSSR count). The van der Waals surface area contributed by atoms with Gasteiger partial charge in [0.05, 0.1) is 9.90 Å². The number of thiophene rings is 1. The molecule has 0 saturated carbocycles. The number of Topliss-reactive ketones (excluding diaryl/α,β-unsaturated/α-hetero) is 1. The molecule has 0 bridgehead atoms. The summed E-state index contributed by atoms with van der Waals surface area (Å²) in [5, 5.41) is 1.39. The van der Waals surface area contributed by atoms with Crippen LogP contribution in [0.15, 0.2) is 12.1 Å². The van der Waals surface area contributed by atoms with E-state index < -0.39 is 0 Å². The summed E-state index contributed by atoms with van der Waals surface area (Å²) in [6.07, 6.45) is 0.458. The number of hydrogen-bond acceptors (Lipinski definition) is 4. The monoisotopic (exact) mass is 282 g/mol. The van der Waals surface area contributed by atoms with Gasteiger partial charge in [0.2, 0.25) is 0 Å². The van der Waals surface area contributed by atoms with Crippen LogP contribution in [0.2, 0.25) is 5.02 Å². The normalized spacial score (nSPS) is 13.9. The van der Waals surface area contributed by atoms with Gasteiger partial charge in [0.1, 0.15) is 13.2 Å². The maximum absolute atomic E-state index is 11.8. The van der Waals surface area contributed by atoms with E-state index in [-0.39, 0.29) is 5.78 Å². The fourth-order valence-corrected chi connectivity index (χ4v) is 3.49. The third-order valence-electron chi connectivity index (χ3n) is 2.87. The van der Waals surface area contributed by atoms with Crippen LogP contribution in [-0.2, 0) is 0 Å². The van der Waals surface area contributed by atoms with E-state index in [1.165, 1.54) is 11.3 Å². The van der Waals surface area contributed by atoms with E-state index in [1.807, 2.05) is 19.1 Å². The van der Waals surface area contributed by atoms with E-state index in [4.69, 9.17) is 21.1 Å². The summed E-state index contributed by atoms with van der Waals surface area (Å²) < 4.78 is 12.0. The van der Waals surface area contributed by atoms with Crippen LogP contribution in [0.1, 0.15) is 23.0 Å². The summed E-state index contributed by atoms with van der Waals surface area (Å²) in [5.41, 5.74) is 0. The number of benzene rings is 1. The Balaban J connectivity index is 2.21. The topological polar surface area (TPSA) is 35.5 Å². The van der Waals surface area contributed by atoms with Crippen LogP contribution in [0.5, 0.6) is 11.5 Å². The molecule has 1 aliphatic rings. The first-order valence-corrected chi connectivity index (χ1v) is 6.95. The number of fused-ring (bicyclic) bond motifs is 2. The van der Waals surface area contributed by atoms with Crippen LogP contribution < -0.4 is 9.47 Å². The number of ketones is 1. The molecule has 0 saturated heterocycles. The Morgan fingerprint density at radius 3 is 2.67 bits per heavy atom. The number of rotatable bonds is 2. The quantitative estimate of drug-likeness (QED) is 0.783. The largest absolute Gasteiger partial charge is 0.486 e. The lowest BCUT2D eigenvalue weighted by molar-refractivity contribution is 0.0992. The minimum Gasteiger partial charge on any atom is -0.486 e. The second-order valence-corrected chi connectivity index (χ2v) is 5.44. The van der Waals surface area contributed by atoms with E-state index in [0.29, 0.717) is 35.3 Å². The van der Waals surface area contributed by atoms with Gasteiger partial charge in [-0.25, -0.2) is 0 Å². The zero-order valence-corrected chi connectivity index (χ0v) is 11.4. The zero-order chi connectivity index (χ0) is 12.7. The van der Waals surface area contributed by atoms with Crippen molar-refractivity contribution in [2.75, 3.05) is 13.2 Å². The van der Waals surface area contributed by atoms with Gasteiger partial charge in [-0.3, -0.25) is 4.79 Å². The predicted octanol–water partition coefficient (Wildman–Crippen LogP) is 3.92. The standard InChI is InChI=1S/C13H11ClO3S/c1-2-8(15)13-12(14)7-5-9-10(6-11(7)18-13)17-4-3-16-9/h5-6H,2-4H2,1H3.